The average Bonchev–Trinajstić information content (AvgIpc) is 2.63. The number of amides is 1. The first-order chi connectivity index (χ1) is 11.8. The van der Waals surface area contributed by atoms with E-state index in [1.54, 1.807) is 6.07 Å². The minimum Gasteiger partial charge on any atom is -0.486 e. The first-order valence-corrected chi connectivity index (χ1v) is 8.84. The minimum absolute atomic E-state index is 0.0826. The third-order valence-corrected chi connectivity index (χ3v) is 5.07. The number of carbonyl (C=O) groups is 1. The second-order valence-electron chi connectivity index (χ2n) is 6.65. The van der Waals surface area contributed by atoms with Crippen LogP contribution in [-0.2, 0) is 4.74 Å². The number of rotatable bonds is 4. The fraction of sp³-hybridized carbons (Fsp3) is 0.611. The van der Waals surface area contributed by atoms with Gasteiger partial charge in [-0.15, -0.1) is 0 Å². The lowest BCUT2D eigenvalue weighted by molar-refractivity contribution is 0.0651. The van der Waals surface area contributed by atoms with E-state index in [4.69, 9.17) is 14.2 Å². The van der Waals surface area contributed by atoms with E-state index < -0.39 is 0 Å². The van der Waals surface area contributed by atoms with Gasteiger partial charge in [-0.1, -0.05) is 6.07 Å². The Kier molecular flexibility index (Phi) is 4.58. The molecule has 1 aromatic carbocycles. The van der Waals surface area contributed by atoms with Crippen molar-refractivity contribution in [3.8, 4) is 11.5 Å². The summed E-state index contributed by atoms with van der Waals surface area (Å²) in [5.74, 6) is 1.13. The van der Waals surface area contributed by atoms with Gasteiger partial charge in [0.1, 0.15) is 13.2 Å². The van der Waals surface area contributed by atoms with Crippen molar-refractivity contribution in [2.75, 3.05) is 26.4 Å². The van der Waals surface area contributed by atoms with E-state index in [1.165, 1.54) is 0 Å². The Balaban J connectivity index is 1.37. The molecule has 24 heavy (non-hydrogen) atoms. The van der Waals surface area contributed by atoms with Crippen molar-refractivity contribution in [1.82, 2.24) is 10.6 Å². The van der Waals surface area contributed by atoms with Crippen LogP contribution >= 0.6 is 0 Å². The molecule has 6 nitrogen and oxygen atoms in total. The van der Waals surface area contributed by atoms with Crippen molar-refractivity contribution >= 4 is 5.91 Å². The molecule has 0 unspecified atom stereocenters. The molecule has 1 amide bonds. The first-order valence-electron chi connectivity index (χ1n) is 8.84. The molecular weight excluding hydrogens is 308 g/mol. The van der Waals surface area contributed by atoms with Gasteiger partial charge in [0.25, 0.3) is 5.91 Å². The Labute approximate surface area is 141 Å². The maximum absolute atomic E-state index is 12.7. The summed E-state index contributed by atoms with van der Waals surface area (Å²) in [4.78, 5) is 12.7. The standard InChI is InChI=1S/C18H24N2O4/c21-18(13-2-1-3-16-17(13)24-11-10-23-16)20-15-5-4-14(15)19-12-6-8-22-9-7-12/h1-3,12,14-15,19H,4-11H2,(H,20,21)/t14-,15+/m1/s1. The number of fused-ring (bicyclic) bond motifs is 1. The van der Waals surface area contributed by atoms with Gasteiger partial charge >= 0.3 is 0 Å². The zero-order valence-electron chi connectivity index (χ0n) is 13.8. The Bertz CT molecular complexity index is 601. The summed E-state index contributed by atoms with van der Waals surface area (Å²) in [6.45, 7) is 2.66. The third kappa shape index (κ3) is 3.21. The van der Waals surface area contributed by atoms with Gasteiger partial charge < -0.3 is 24.8 Å². The molecule has 2 fully saturated rings. The number of nitrogens with one attached hydrogen (secondary N) is 2. The lowest BCUT2D eigenvalue weighted by atomic mass is 9.85. The highest BCUT2D eigenvalue weighted by atomic mass is 16.6. The van der Waals surface area contributed by atoms with Crippen LogP contribution in [0.5, 0.6) is 11.5 Å². The molecule has 3 aliphatic rings. The normalized spacial score (nSPS) is 26.5. The highest BCUT2D eigenvalue weighted by Gasteiger charge is 2.34. The van der Waals surface area contributed by atoms with Crippen molar-refractivity contribution in [1.29, 1.82) is 0 Å². The molecule has 0 bridgehead atoms. The molecule has 2 atom stereocenters. The summed E-state index contributed by atoms with van der Waals surface area (Å²) >= 11 is 0. The van der Waals surface area contributed by atoms with E-state index in [1.807, 2.05) is 12.1 Å². The number of para-hydroxylation sites is 1. The van der Waals surface area contributed by atoms with Crippen LogP contribution in [0.1, 0.15) is 36.0 Å². The predicted octanol–water partition coefficient (Wildman–Crippen LogP) is 1.49. The fourth-order valence-electron chi connectivity index (χ4n) is 3.54. The Morgan fingerprint density at radius 1 is 0.958 bits per heavy atom. The molecular formula is C18H24N2O4. The van der Waals surface area contributed by atoms with E-state index in [0.29, 0.717) is 42.4 Å². The fourth-order valence-corrected chi connectivity index (χ4v) is 3.54. The van der Waals surface area contributed by atoms with Crippen molar-refractivity contribution in [3.05, 3.63) is 23.8 Å². The number of ether oxygens (including phenoxy) is 3. The zero-order valence-corrected chi connectivity index (χ0v) is 13.8. The van der Waals surface area contributed by atoms with Crippen LogP contribution in [0.15, 0.2) is 18.2 Å². The summed E-state index contributed by atoms with van der Waals surface area (Å²) in [6.07, 6.45) is 4.22. The monoisotopic (exact) mass is 332 g/mol. The van der Waals surface area contributed by atoms with Crippen molar-refractivity contribution in [3.63, 3.8) is 0 Å². The average molecular weight is 332 g/mol. The second kappa shape index (κ2) is 6.99. The van der Waals surface area contributed by atoms with Crippen molar-refractivity contribution in [2.45, 2.75) is 43.8 Å². The topological polar surface area (TPSA) is 68.8 Å². The van der Waals surface area contributed by atoms with Crippen LogP contribution in [0.2, 0.25) is 0 Å². The maximum Gasteiger partial charge on any atom is 0.255 e. The van der Waals surface area contributed by atoms with Crippen LogP contribution in [0.3, 0.4) is 0 Å². The summed E-state index contributed by atoms with van der Waals surface area (Å²) in [7, 11) is 0. The van der Waals surface area contributed by atoms with E-state index in [-0.39, 0.29) is 11.9 Å². The van der Waals surface area contributed by atoms with Gasteiger partial charge in [-0.3, -0.25) is 4.79 Å². The Morgan fingerprint density at radius 3 is 2.54 bits per heavy atom. The molecule has 0 radical (unpaired) electrons. The molecule has 2 heterocycles. The second-order valence-corrected chi connectivity index (χ2v) is 6.65. The number of carbonyl (C=O) groups excluding carboxylic acids is 1. The molecule has 1 aromatic rings. The van der Waals surface area contributed by atoms with Crippen LogP contribution in [0.25, 0.3) is 0 Å². The van der Waals surface area contributed by atoms with Gasteiger partial charge in [0.2, 0.25) is 0 Å². The molecule has 2 aliphatic heterocycles. The van der Waals surface area contributed by atoms with Crippen LogP contribution < -0.4 is 20.1 Å². The van der Waals surface area contributed by atoms with Gasteiger partial charge in [0, 0.05) is 31.3 Å². The first kappa shape index (κ1) is 15.7. The molecule has 0 aromatic heterocycles. The van der Waals surface area contributed by atoms with Gasteiger partial charge in [0.05, 0.1) is 5.56 Å². The van der Waals surface area contributed by atoms with Crippen LogP contribution in [0.4, 0.5) is 0 Å². The van der Waals surface area contributed by atoms with Gasteiger partial charge in [-0.05, 0) is 37.8 Å². The smallest absolute Gasteiger partial charge is 0.255 e. The summed E-state index contributed by atoms with van der Waals surface area (Å²) in [6, 6.07) is 6.51. The molecule has 1 saturated heterocycles. The van der Waals surface area contributed by atoms with Crippen LogP contribution in [0, 0.1) is 0 Å². The minimum atomic E-state index is -0.0826. The number of hydrogen-bond acceptors (Lipinski definition) is 5. The van der Waals surface area contributed by atoms with Crippen molar-refractivity contribution in [2.24, 2.45) is 0 Å². The molecule has 1 aliphatic carbocycles. The highest BCUT2D eigenvalue weighted by molar-refractivity contribution is 5.98. The molecule has 4 rings (SSSR count). The van der Waals surface area contributed by atoms with E-state index in [9.17, 15) is 4.79 Å². The number of hydrogen-bond donors (Lipinski definition) is 2. The third-order valence-electron chi connectivity index (χ3n) is 5.07. The lowest BCUT2D eigenvalue weighted by Crippen LogP contribution is -2.59. The van der Waals surface area contributed by atoms with Crippen molar-refractivity contribution < 1.29 is 19.0 Å². The lowest BCUT2D eigenvalue weighted by Gasteiger charge is -2.41. The van der Waals surface area contributed by atoms with Gasteiger partial charge in [-0.2, -0.15) is 0 Å². The highest BCUT2D eigenvalue weighted by Crippen LogP contribution is 2.34. The zero-order chi connectivity index (χ0) is 16.4. The maximum atomic E-state index is 12.7. The summed E-state index contributed by atoms with van der Waals surface area (Å²) in [5, 5.41) is 6.83. The molecule has 1 saturated carbocycles. The summed E-state index contributed by atoms with van der Waals surface area (Å²) in [5.41, 5.74) is 0.559. The van der Waals surface area contributed by atoms with Gasteiger partial charge in [0.15, 0.2) is 11.5 Å². The quantitative estimate of drug-likeness (QED) is 0.874. The van der Waals surface area contributed by atoms with Gasteiger partial charge in [-0.25, -0.2) is 0 Å². The summed E-state index contributed by atoms with van der Waals surface area (Å²) < 4.78 is 16.6. The van der Waals surface area contributed by atoms with E-state index in [2.05, 4.69) is 10.6 Å². The molecule has 2 N–H and O–H groups in total. The predicted molar refractivity (Wildman–Crippen MR) is 88.7 cm³/mol. The van der Waals surface area contributed by atoms with Crippen LogP contribution in [-0.4, -0.2) is 50.5 Å². The molecule has 130 valence electrons. The number of benzene rings is 1. The Morgan fingerprint density at radius 2 is 1.75 bits per heavy atom. The van der Waals surface area contributed by atoms with E-state index in [0.717, 1.165) is 38.9 Å². The SMILES string of the molecule is O=C(N[C@H]1CC[C@H]1NC1CCOCC1)c1cccc2c1OCCO2. The van der Waals surface area contributed by atoms with E-state index >= 15 is 0 Å². The largest absolute Gasteiger partial charge is 0.486 e. The molecule has 0 spiro atoms. The molecule has 6 heteroatoms. The Hall–Kier alpha value is -1.79.